The fourth-order valence-corrected chi connectivity index (χ4v) is 5.96. The molecule has 6 heteroatoms. The summed E-state index contributed by atoms with van der Waals surface area (Å²) in [4.78, 5) is 29.5. The van der Waals surface area contributed by atoms with Crippen LogP contribution in [0.1, 0.15) is 54.4 Å². The van der Waals surface area contributed by atoms with Crippen LogP contribution in [0, 0.1) is 6.92 Å². The lowest BCUT2D eigenvalue weighted by Crippen LogP contribution is -2.53. The molecule has 0 saturated heterocycles. The van der Waals surface area contributed by atoms with E-state index in [0.29, 0.717) is 18.7 Å². The Morgan fingerprint density at radius 1 is 0.923 bits per heavy atom. The maximum absolute atomic E-state index is 13.9. The standard InChI is InChI=1S/C33H40N2O3S/c1-25-16-18-27(19-17-25)23-39-24-32(36)35(22-28-12-9-15-30(20-28)38-2)31(21-26-10-5-3-6-11-26)33(37)34-29-13-7-4-8-14-29/h3,5-6,9-12,15-20,29,31H,4,7-8,13-14,21-24H2,1-2H3,(H,34,37)/t31-/m0/s1. The molecule has 1 aliphatic rings. The molecule has 1 aliphatic carbocycles. The minimum absolute atomic E-state index is 0.0327. The Kier molecular flexibility index (Phi) is 10.9. The van der Waals surface area contributed by atoms with Crippen LogP contribution in [0.5, 0.6) is 5.75 Å². The zero-order valence-electron chi connectivity index (χ0n) is 23.1. The van der Waals surface area contributed by atoms with Crippen molar-refractivity contribution in [1.82, 2.24) is 10.2 Å². The van der Waals surface area contributed by atoms with Gasteiger partial charge < -0.3 is 15.0 Å². The quantitative estimate of drug-likeness (QED) is 0.290. The molecule has 2 amide bonds. The predicted molar refractivity (Wildman–Crippen MR) is 160 cm³/mol. The molecular weight excluding hydrogens is 504 g/mol. The lowest BCUT2D eigenvalue weighted by Gasteiger charge is -2.33. The molecule has 0 radical (unpaired) electrons. The van der Waals surface area contributed by atoms with Gasteiger partial charge in [0, 0.05) is 24.8 Å². The number of nitrogens with one attached hydrogen (secondary N) is 1. The number of rotatable bonds is 12. The maximum Gasteiger partial charge on any atom is 0.243 e. The minimum Gasteiger partial charge on any atom is -0.497 e. The fourth-order valence-electron chi connectivity index (χ4n) is 5.09. The summed E-state index contributed by atoms with van der Waals surface area (Å²) in [6.07, 6.45) is 5.96. The summed E-state index contributed by atoms with van der Waals surface area (Å²) >= 11 is 1.59. The normalized spacial score (nSPS) is 14.4. The minimum atomic E-state index is -0.604. The first-order valence-corrected chi connectivity index (χ1v) is 15.1. The summed E-state index contributed by atoms with van der Waals surface area (Å²) in [5, 5.41) is 3.31. The number of aryl methyl sites for hydroxylation is 1. The first-order chi connectivity index (χ1) is 19.0. The number of nitrogens with zero attached hydrogens (tertiary/aromatic N) is 1. The molecule has 39 heavy (non-hydrogen) atoms. The molecule has 0 aromatic heterocycles. The van der Waals surface area contributed by atoms with Gasteiger partial charge in [0.1, 0.15) is 11.8 Å². The van der Waals surface area contributed by atoms with Crippen molar-refractivity contribution >= 4 is 23.6 Å². The average Bonchev–Trinajstić information content (AvgIpc) is 2.97. The number of ether oxygens (including phenoxy) is 1. The lowest BCUT2D eigenvalue weighted by molar-refractivity contribution is -0.139. The molecule has 0 unspecified atom stereocenters. The Balaban J connectivity index is 1.57. The van der Waals surface area contributed by atoms with Crippen molar-refractivity contribution < 1.29 is 14.3 Å². The first-order valence-electron chi connectivity index (χ1n) is 13.9. The van der Waals surface area contributed by atoms with Gasteiger partial charge in [-0.05, 0) is 48.6 Å². The van der Waals surface area contributed by atoms with Crippen molar-refractivity contribution in [2.75, 3.05) is 12.9 Å². The Labute approximate surface area is 237 Å². The molecule has 5 nitrogen and oxygen atoms in total. The number of carbonyl (C=O) groups excluding carboxylic acids is 2. The van der Waals surface area contributed by atoms with E-state index >= 15 is 0 Å². The van der Waals surface area contributed by atoms with Crippen molar-refractivity contribution in [3.63, 3.8) is 0 Å². The van der Waals surface area contributed by atoms with Crippen molar-refractivity contribution in [2.24, 2.45) is 0 Å². The van der Waals surface area contributed by atoms with Crippen LogP contribution in [0.3, 0.4) is 0 Å². The van der Waals surface area contributed by atoms with E-state index in [-0.39, 0.29) is 17.9 Å². The van der Waals surface area contributed by atoms with Crippen LogP contribution in [-0.4, -0.2) is 41.7 Å². The van der Waals surface area contributed by atoms with Crippen LogP contribution in [0.2, 0.25) is 0 Å². The number of benzene rings is 3. The molecule has 3 aromatic carbocycles. The monoisotopic (exact) mass is 544 g/mol. The van der Waals surface area contributed by atoms with Crippen LogP contribution >= 0.6 is 11.8 Å². The van der Waals surface area contributed by atoms with Crippen LogP contribution in [0.25, 0.3) is 0 Å². The molecule has 0 spiro atoms. The fraction of sp³-hybridized carbons (Fsp3) is 0.394. The van der Waals surface area contributed by atoms with E-state index in [1.54, 1.807) is 23.8 Å². The number of hydrogen-bond acceptors (Lipinski definition) is 4. The summed E-state index contributed by atoms with van der Waals surface area (Å²) < 4.78 is 5.44. The van der Waals surface area contributed by atoms with E-state index in [1.807, 2.05) is 54.6 Å². The molecule has 3 aromatic rings. The molecule has 1 fully saturated rings. The van der Waals surface area contributed by atoms with Gasteiger partial charge in [0.25, 0.3) is 0 Å². The molecule has 1 saturated carbocycles. The van der Waals surface area contributed by atoms with Crippen LogP contribution in [0.4, 0.5) is 0 Å². The number of amides is 2. The highest BCUT2D eigenvalue weighted by Gasteiger charge is 2.32. The summed E-state index contributed by atoms with van der Waals surface area (Å²) in [5.41, 5.74) is 4.39. The lowest BCUT2D eigenvalue weighted by atomic mass is 9.94. The molecule has 206 valence electrons. The van der Waals surface area contributed by atoms with Crippen LogP contribution in [0.15, 0.2) is 78.9 Å². The highest BCUT2D eigenvalue weighted by Crippen LogP contribution is 2.22. The van der Waals surface area contributed by atoms with Gasteiger partial charge in [0.05, 0.1) is 12.9 Å². The number of carbonyl (C=O) groups is 2. The van der Waals surface area contributed by atoms with Crippen molar-refractivity contribution in [2.45, 2.75) is 69.8 Å². The molecule has 0 aliphatic heterocycles. The molecule has 0 heterocycles. The number of hydrogen-bond donors (Lipinski definition) is 1. The first kappa shape index (κ1) is 28.8. The van der Waals surface area contributed by atoms with E-state index in [0.717, 1.165) is 48.3 Å². The second kappa shape index (κ2) is 14.8. The van der Waals surface area contributed by atoms with E-state index in [2.05, 4.69) is 36.5 Å². The highest BCUT2D eigenvalue weighted by molar-refractivity contribution is 7.99. The predicted octanol–water partition coefficient (Wildman–Crippen LogP) is 6.33. The van der Waals surface area contributed by atoms with Crippen molar-refractivity contribution in [3.05, 3.63) is 101 Å². The highest BCUT2D eigenvalue weighted by atomic mass is 32.2. The van der Waals surface area contributed by atoms with Gasteiger partial charge in [-0.3, -0.25) is 9.59 Å². The van der Waals surface area contributed by atoms with Crippen LogP contribution < -0.4 is 10.1 Å². The molecule has 1 N–H and O–H groups in total. The number of thioether (sulfide) groups is 1. The summed E-state index contributed by atoms with van der Waals surface area (Å²) in [6, 6.07) is 25.7. The van der Waals surface area contributed by atoms with Gasteiger partial charge in [-0.1, -0.05) is 91.6 Å². The summed E-state index contributed by atoms with van der Waals surface area (Å²) in [7, 11) is 1.64. The van der Waals surface area contributed by atoms with Gasteiger partial charge in [0.2, 0.25) is 11.8 Å². The summed E-state index contributed by atoms with van der Waals surface area (Å²) in [5.74, 6) is 1.69. The third kappa shape index (κ3) is 8.89. The van der Waals surface area contributed by atoms with Gasteiger partial charge in [-0.15, -0.1) is 11.8 Å². The Morgan fingerprint density at radius 3 is 2.36 bits per heavy atom. The zero-order valence-corrected chi connectivity index (χ0v) is 23.9. The second-order valence-electron chi connectivity index (χ2n) is 10.4. The second-order valence-corrected chi connectivity index (χ2v) is 11.4. The maximum atomic E-state index is 13.9. The van der Waals surface area contributed by atoms with E-state index < -0.39 is 6.04 Å². The third-order valence-corrected chi connectivity index (χ3v) is 8.31. The van der Waals surface area contributed by atoms with Gasteiger partial charge in [-0.2, -0.15) is 0 Å². The topological polar surface area (TPSA) is 58.6 Å². The Morgan fingerprint density at radius 2 is 1.64 bits per heavy atom. The largest absolute Gasteiger partial charge is 0.497 e. The Bertz CT molecular complexity index is 1190. The SMILES string of the molecule is COc1cccc(CN(C(=O)CSCc2ccc(C)cc2)[C@@H](Cc2ccccc2)C(=O)NC2CCCCC2)c1. The third-order valence-electron chi connectivity index (χ3n) is 7.32. The van der Waals surface area contributed by atoms with E-state index in [1.165, 1.54) is 17.5 Å². The van der Waals surface area contributed by atoms with E-state index in [9.17, 15) is 9.59 Å². The molecule has 0 bridgehead atoms. The zero-order chi connectivity index (χ0) is 27.5. The Hall–Kier alpha value is -3.25. The van der Waals surface area contributed by atoms with E-state index in [4.69, 9.17) is 4.74 Å². The van der Waals surface area contributed by atoms with Crippen molar-refractivity contribution in [3.8, 4) is 5.75 Å². The van der Waals surface area contributed by atoms with Gasteiger partial charge in [0.15, 0.2) is 0 Å². The average molecular weight is 545 g/mol. The van der Waals surface area contributed by atoms with Gasteiger partial charge in [-0.25, -0.2) is 0 Å². The van der Waals surface area contributed by atoms with Crippen molar-refractivity contribution in [1.29, 1.82) is 0 Å². The smallest absolute Gasteiger partial charge is 0.243 e. The summed E-state index contributed by atoms with van der Waals surface area (Å²) in [6.45, 7) is 2.42. The molecule has 1 atom stereocenters. The molecular formula is C33H40N2O3S. The molecule has 4 rings (SSSR count). The van der Waals surface area contributed by atoms with Gasteiger partial charge >= 0.3 is 0 Å². The number of methoxy groups -OCH3 is 1. The van der Waals surface area contributed by atoms with Crippen LogP contribution in [-0.2, 0) is 28.3 Å².